The average molecular weight is 422 g/mol. The molecule has 0 amide bonds. The molecule has 0 bridgehead atoms. The highest BCUT2D eigenvalue weighted by molar-refractivity contribution is 5.21. The van der Waals surface area contributed by atoms with Crippen LogP contribution in [0.2, 0.25) is 0 Å². The Kier molecular flexibility index (Phi) is 8.19. The van der Waals surface area contributed by atoms with Gasteiger partial charge in [-0.15, -0.1) is 0 Å². The number of para-hydroxylation sites is 2. The first kappa shape index (κ1) is 22.9. The molecule has 0 heterocycles. The highest BCUT2D eigenvalue weighted by Crippen LogP contribution is 2.30. The highest BCUT2D eigenvalue weighted by atomic mass is 19.3. The fraction of sp³-hybridized carbons (Fsp3) is 0.400. The lowest BCUT2D eigenvalue weighted by molar-refractivity contribution is -0.232. The Balaban J connectivity index is 2.14. The summed E-state index contributed by atoms with van der Waals surface area (Å²) in [6.45, 7) is -6.18. The van der Waals surface area contributed by atoms with Gasteiger partial charge in [-0.2, -0.15) is 0 Å². The second-order valence-electron chi connectivity index (χ2n) is 6.15. The van der Waals surface area contributed by atoms with Gasteiger partial charge in [-0.3, -0.25) is 0 Å². The molecule has 0 saturated carbocycles. The van der Waals surface area contributed by atoms with Crippen LogP contribution in [0.5, 0.6) is 11.5 Å². The molecule has 9 heteroatoms. The van der Waals surface area contributed by atoms with E-state index >= 15 is 0 Å². The van der Waals surface area contributed by atoms with E-state index in [0.717, 1.165) is 0 Å². The van der Waals surface area contributed by atoms with Crippen molar-refractivity contribution in [2.24, 2.45) is 0 Å². The third-order valence-electron chi connectivity index (χ3n) is 3.92. The fourth-order valence-corrected chi connectivity index (χ4v) is 2.27. The Morgan fingerprint density at radius 2 is 0.966 bits per heavy atom. The molecule has 2 aromatic carbocycles. The Morgan fingerprint density at radius 1 is 0.621 bits per heavy atom. The third kappa shape index (κ3) is 6.85. The van der Waals surface area contributed by atoms with Crippen LogP contribution in [-0.4, -0.2) is 50.6 Å². The molecular weight excluding hydrogens is 402 g/mol. The first-order valence-electron chi connectivity index (χ1n) is 8.67. The second-order valence-corrected chi connectivity index (χ2v) is 6.15. The molecule has 0 saturated heterocycles. The summed E-state index contributed by atoms with van der Waals surface area (Å²) in [5.41, 5.74) is 0. The number of rotatable bonds is 12. The van der Waals surface area contributed by atoms with Crippen molar-refractivity contribution in [2.45, 2.75) is 24.1 Å². The van der Waals surface area contributed by atoms with Gasteiger partial charge in [0.15, 0.2) is 25.6 Å². The minimum Gasteiger partial charge on any atom is -0.491 e. The minimum absolute atomic E-state index is 0.157. The van der Waals surface area contributed by atoms with Crippen LogP contribution in [0.1, 0.15) is 0 Å². The van der Waals surface area contributed by atoms with Gasteiger partial charge in [0.05, 0.1) is 0 Å². The molecule has 2 unspecified atom stereocenters. The minimum atomic E-state index is -4.13. The van der Waals surface area contributed by atoms with Crippen LogP contribution >= 0.6 is 0 Å². The van der Waals surface area contributed by atoms with Gasteiger partial charge in [0.2, 0.25) is 0 Å². The van der Waals surface area contributed by atoms with Gasteiger partial charge >= 0.3 is 11.8 Å². The van der Waals surface area contributed by atoms with Crippen molar-refractivity contribution in [3.63, 3.8) is 0 Å². The zero-order chi connectivity index (χ0) is 21.3. The lowest BCUT2D eigenvalue weighted by Gasteiger charge is -2.32. The molecule has 0 fully saturated rings. The summed E-state index contributed by atoms with van der Waals surface area (Å²) in [5.74, 6) is -7.95. The summed E-state index contributed by atoms with van der Waals surface area (Å²) >= 11 is 0. The molecule has 160 valence electrons. The number of ether oxygens (including phenoxy) is 3. The van der Waals surface area contributed by atoms with Gasteiger partial charge in [0, 0.05) is 0 Å². The summed E-state index contributed by atoms with van der Waals surface area (Å²) in [7, 11) is 0. The lowest BCUT2D eigenvalue weighted by atomic mass is 10.1. The number of hydrogen-bond donors (Lipinski definition) is 0. The zero-order valence-corrected chi connectivity index (χ0v) is 15.2. The summed E-state index contributed by atoms with van der Waals surface area (Å²) in [6, 6.07) is 15.3. The summed E-state index contributed by atoms with van der Waals surface area (Å²) in [4.78, 5) is 0. The Bertz CT molecular complexity index is 653. The molecule has 2 atom stereocenters. The van der Waals surface area contributed by atoms with E-state index in [2.05, 4.69) is 0 Å². The first-order valence-corrected chi connectivity index (χ1v) is 8.67. The SMILES string of the molecule is FCC(F)(F)C(COc1ccccc1)OC(COc1ccccc1)C(F)(F)CF. The van der Waals surface area contributed by atoms with Gasteiger partial charge in [0.1, 0.15) is 24.7 Å². The summed E-state index contributed by atoms with van der Waals surface area (Å²) in [5, 5.41) is 0. The predicted octanol–water partition coefficient (Wildman–Crippen LogP) is 5.11. The van der Waals surface area contributed by atoms with Crippen LogP contribution in [-0.2, 0) is 4.74 Å². The van der Waals surface area contributed by atoms with E-state index in [1.807, 2.05) is 0 Å². The number of halogens is 6. The maximum atomic E-state index is 14.0. The van der Waals surface area contributed by atoms with Crippen LogP contribution < -0.4 is 9.47 Å². The smallest absolute Gasteiger partial charge is 0.304 e. The molecule has 0 radical (unpaired) electrons. The van der Waals surface area contributed by atoms with Crippen molar-refractivity contribution in [2.75, 3.05) is 26.6 Å². The quantitative estimate of drug-likeness (QED) is 0.445. The fourth-order valence-electron chi connectivity index (χ4n) is 2.27. The normalized spacial score (nSPS) is 14.3. The average Bonchev–Trinajstić information content (AvgIpc) is 2.74. The third-order valence-corrected chi connectivity index (χ3v) is 3.92. The van der Waals surface area contributed by atoms with Gasteiger partial charge < -0.3 is 14.2 Å². The molecule has 0 spiro atoms. The molecule has 3 nitrogen and oxygen atoms in total. The number of alkyl halides is 6. The van der Waals surface area contributed by atoms with E-state index in [9.17, 15) is 26.3 Å². The standard InChI is InChI=1S/C20H20F6O3/c21-13-19(23,24)17(11-27-15-7-3-1-4-8-15)29-18(20(25,26)14-22)12-28-16-9-5-2-6-10-16/h1-10,17-18H,11-14H2. The molecule has 2 rings (SSSR count). The van der Waals surface area contributed by atoms with Crippen molar-refractivity contribution in [3.8, 4) is 11.5 Å². The van der Waals surface area contributed by atoms with Crippen molar-refractivity contribution in [1.82, 2.24) is 0 Å². The summed E-state index contributed by atoms with van der Waals surface area (Å²) in [6.07, 6.45) is -4.79. The Hall–Kier alpha value is -2.42. The molecular formula is C20H20F6O3. The van der Waals surface area contributed by atoms with Gasteiger partial charge in [-0.1, -0.05) is 36.4 Å². The second kappa shape index (κ2) is 10.4. The van der Waals surface area contributed by atoms with E-state index < -0.39 is 50.6 Å². The molecule has 0 aliphatic carbocycles. The Morgan fingerprint density at radius 3 is 1.28 bits per heavy atom. The van der Waals surface area contributed by atoms with E-state index in [4.69, 9.17) is 14.2 Å². The maximum absolute atomic E-state index is 14.0. The van der Waals surface area contributed by atoms with Crippen LogP contribution in [0.25, 0.3) is 0 Å². The molecule has 0 aromatic heterocycles. The lowest BCUT2D eigenvalue weighted by Crippen LogP contribution is -2.51. The largest absolute Gasteiger partial charge is 0.491 e. The molecule has 29 heavy (non-hydrogen) atoms. The van der Waals surface area contributed by atoms with Crippen molar-refractivity contribution < 1.29 is 40.6 Å². The van der Waals surface area contributed by atoms with Crippen molar-refractivity contribution >= 4 is 0 Å². The van der Waals surface area contributed by atoms with E-state index in [1.165, 1.54) is 24.3 Å². The Labute approximate surface area is 164 Å². The zero-order valence-electron chi connectivity index (χ0n) is 15.2. The van der Waals surface area contributed by atoms with Gasteiger partial charge in [-0.25, -0.2) is 26.3 Å². The van der Waals surface area contributed by atoms with E-state index in [-0.39, 0.29) is 11.5 Å². The topological polar surface area (TPSA) is 27.7 Å². The number of benzene rings is 2. The van der Waals surface area contributed by atoms with Crippen LogP contribution in [0.4, 0.5) is 26.3 Å². The summed E-state index contributed by atoms with van der Waals surface area (Å²) < 4.78 is 96.6. The van der Waals surface area contributed by atoms with E-state index in [1.54, 1.807) is 36.4 Å². The van der Waals surface area contributed by atoms with E-state index in [0.29, 0.717) is 0 Å². The van der Waals surface area contributed by atoms with Gasteiger partial charge in [0.25, 0.3) is 0 Å². The first-order chi connectivity index (χ1) is 13.8. The molecule has 0 aliphatic rings. The molecule has 0 N–H and O–H groups in total. The van der Waals surface area contributed by atoms with Gasteiger partial charge in [-0.05, 0) is 24.3 Å². The van der Waals surface area contributed by atoms with Crippen molar-refractivity contribution in [3.05, 3.63) is 60.7 Å². The monoisotopic (exact) mass is 422 g/mol. The van der Waals surface area contributed by atoms with Crippen molar-refractivity contribution in [1.29, 1.82) is 0 Å². The maximum Gasteiger partial charge on any atom is 0.304 e. The van der Waals surface area contributed by atoms with Crippen LogP contribution in [0.3, 0.4) is 0 Å². The highest BCUT2D eigenvalue weighted by Gasteiger charge is 2.49. The van der Waals surface area contributed by atoms with Crippen LogP contribution in [0.15, 0.2) is 60.7 Å². The molecule has 2 aromatic rings. The molecule has 0 aliphatic heterocycles. The number of hydrogen-bond acceptors (Lipinski definition) is 3. The van der Waals surface area contributed by atoms with Crippen LogP contribution in [0, 0.1) is 0 Å². The predicted molar refractivity (Wildman–Crippen MR) is 94.4 cm³/mol.